The molecule has 1 aliphatic rings. The quantitative estimate of drug-likeness (QED) is 0.374. The van der Waals surface area contributed by atoms with Crippen LogP contribution in [0, 0.1) is 0 Å². The fraction of sp³-hybridized carbons (Fsp3) is 0.348. The van der Waals surface area contributed by atoms with Crippen LogP contribution in [0.25, 0.3) is 0 Å². The van der Waals surface area contributed by atoms with Crippen molar-refractivity contribution in [3.8, 4) is 5.75 Å². The molecule has 0 aliphatic carbocycles. The molecule has 1 saturated heterocycles. The zero-order valence-electron chi connectivity index (χ0n) is 16.9. The lowest BCUT2D eigenvalue weighted by atomic mass is 10.1. The number of carbonyl (C=O) groups excluding carboxylic acids is 1. The van der Waals surface area contributed by atoms with Crippen molar-refractivity contribution in [3.05, 3.63) is 65.2 Å². The number of benzene rings is 2. The first-order valence-electron chi connectivity index (χ1n) is 10.1. The number of carbonyl (C=O) groups is 1. The molecule has 1 N–H and O–H groups in total. The first-order chi connectivity index (χ1) is 14.2. The van der Waals surface area contributed by atoms with E-state index in [2.05, 4.69) is 53.6 Å². The molecule has 0 bridgehead atoms. The van der Waals surface area contributed by atoms with Gasteiger partial charge < -0.3 is 10.1 Å². The van der Waals surface area contributed by atoms with Gasteiger partial charge in [0.05, 0.1) is 18.1 Å². The average Bonchev–Trinajstić information content (AvgIpc) is 3.09. The highest BCUT2D eigenvalue weighted by atomic mass is 32.2. The Labute approximate surface area is 176 Å². The summed E-state index contributed by atoms with van der Waals surface area (Å²) in [5, 5.41) is 11.5. The van der Waals surface area contributed by atoms with Crippen LogP contribution in [-0.4, -0.2) is 29.1 Å². The van der Waals surface area contributed by atoms with E-state index in [4.69, 9.17) is 4.74 Å². The molecule has 5 nitrogen and oxygen atoms in total. The maximum atomic E-state index is 12.2. The van der Waals surface area contributed by atoms with Crippen molar-refractivity contribution < 1.29 is 9.53 Å². The summed E-state index contributed by atoms with van der Waals surface area (Å²) in [6.07, 6.45) is 5.54. The number of unbranched alkanes of at least 4 members (excludes halogenated alkanes) is 1. The smallest absolute Gasteiger partial charge is 0.239 e. The maximum absolute atomic E-state index is 12.2. The molecular formula is C23H27N3O2S. The van der Waals surface area contributed by atoms with Crippen molar-refractivity contribution in [1.82, 2.24) is 5.32 Å². The minimum absolute atomic E-state index is 0.0166. The van der Waals surface area contributed by atoms with Crippen LogP contribution >= 0.6 is 11.8 Å². The average molecular weight is 410 g/mol. The van der Waals surface area contributed by atoms with Gasteiger partial charge in [-0.15, -0.1) is 5.10 Å². The Hall–Kier alpha value is -2.60. The van der Waals surface area contributed by atoms with E-state index in [-0.39, 0.29) is 11.2 Å². The maximum Gasteiger partial charge on any atom is 0.239 e. The Balaban J connectivity index is 1.52. The Morgan fingerprint density at radius 1 is 1.07 bits per heavy atom. The van der Waals surface area contributed by atoms with Crippen molar-refractivity contribution in [2.45, 2.75) is 44.8 Å². The van der Waals surface area contributed by atoms with Gasteiger partial charge in [0, 0.05) is 0 Å². The lowest BCUT2D eigenvalue weighted by molar-refractivity contribution is -0.118. The van der Waals surface area contributed by atoms with Gasteiger partial charge in [-0.3, -0.25) is 4.79 Å². The topological polar surface area (TPSA) is 63.1 Å². The molecule has 3 rings (SSSR count). The van der Waals surface area contributed by atoms with Gasteiger partial charge in [-0.1, -0.05) is 56.3 Å². The molecule has 1 amide bonds. The van der Waals surface area contributed by atoms with Crippen LogP contribution in [0.3, 0.4) is 0 Å². The second-order valence-electron chi connectivity index (χ2n) is 6.89. The van der Waals surface area contributed by atoms with Crippen LogP contribution in [0.1, 0.15) is 43.4 Å². The molecule has 2 aromatic carbocycles. The predicted octanol–water partition coefficient (Wildman–Crippen LogP) is 4.59. The monoisotopic (exact) mass is 409 g/mol. The number of hydrogen-bond acceptors (Lipinski definition) is 5. The molecule has 0 radical (unpaired) electrons. The minimum atomic E-state index is -0.170. The largest absolute Gasteiger partial charge is 0.494 e. The number of aryl methyl sites for hydroxylation is 1. The van der Waals surface area contributed by atoms with Crippen LogP contribution in [0.15, 0.2) is 58.7 Å². The first kappa shape index (κ1) is 21.1. The fourth-order valence-electron chi connectivity index (χ4n) is 2.84. The number of nitrogens with one attached hydrogen (secondary N) is 1. The van der Waals surface area contributed by atoms with Gasteiger partial charge >= 0.3 is 0 Å². The summed E-state index contributed by atoms with van der Waals surface area (Å²) in [6, 6.07) is 16.2. The number of amidine groups is 1. The third-order valence-corrected chi connectivity index (χ3v) is 5.70. The van der Waals surface area contributed by atoms with E-state index >= 15 is 0 Å². The Bertz CT molecular complexity index is 861. The third kappa shape index (κ3) is 6.46. The minimum Gasteiger partial charge on any atom is -0.494 e. The molecule has 0 spiro atoms. The molecule has 1 unspecified atom stereocenters. The van der Waals surface area contributed by atoms with Crippen molar-refractivity contribution in [1.29, 1.82) is 0 Å². The zero-order chi connectivity index (χ0) is 20.5. The molecule has 0 aromatic heterocycles. The standard InChI is InChI=1S/C23H27N3O2S/c1-3-5-14-28-20-12-10-19(11-13-20)16-24-26-23-25-22(27)21(29-23)15-18-8-6-17(4-2)7-9-18/h6-13,16,21H,3-5,14-15H2,1-2H3,(H,25,26,27)/b24-16+. The van der Waals surface area contributed by atoms with Crippen molar-refractivity contribution in [3.63, 3.8) is 0 Å². The number of nitrogens with zero attached hydrogens (tertiary/aromatic N) is 2. The second-order valence-corrected chi connectivity index (χ2v) is 8.08. The molecule has 2 aromatic rings. The van der Waals surface area contributed by atoms with Gasteiger partial charge in [-0.25, -0.2) is 0 Å². The molecule has 6 heteroatoms. The van der Waals surface area contributed by atoms with Gasteiger partial charge in [-0.2, -0.15) is 5.10 Å². The molecule has 1 heterocycles. The SMILES string of the molecule is CCCCOc1ccc(/C=N/N=C2\NC(=O)C(Cc3ccc(CC)cc3)S2)cc1. The van der Waals surface area contributed by atoms with E-state index in [1.165, 1.54) is 17.3 Å². The summed E-state index contributed by atoms with van der Waals surface area (Å²) in [4.78, 5) is 12.2. The normalized spacial score (nSPS) is 17.8. The van der Waals surface area contributed by atoms with Crippen molar-refractivity contribution >= 4 is 29.1 Å². The van der Waals surface area contributed by atoms with Gasteiger partial charge in [0.15, 0.2) is 5.17 Å². The number of hydrogen-bond donors (Lipinski definition) is 1. The van der Waals surface area contributed by atoms with E-state index in [0.29, 0.717) is 11.6 Å². The number of ether oxygens (including phenoxy) is 1. The number of thioether (sulfide) groups is 1. The summed E-state index contributed by atoms with van der Waals surface area (Å²) in [5.74, 6) is 0.840. The number of rotatable bonds is 9. The summed E-state index contributed by atoms with van der Waals surface area (Å²) in [7, 11) is 0. The molecule has 0 saturated carbocycles. The highest BCUT2D eigenvalue weighted by Gasteiger charge is 2.30. The van der Waals surface area contributed by atoms with Crippen LogP contribution in [0.5, 0.6) is 5.75 Å². The molecule has 1 aliphatic heterocycles. The summed E-state index contributed by atoms with van der Waals surface area (Å²) in [6.45, 7) is 5.01. The van der Waals surface area contributed by atoms with E-state index in [9.17, 15) is 4.79 Å². The van der Waals surface area contributed by atoms with Crippen LogP contribution in [0.2, 0.25) is 0 Å². The van der Waals surface area contributed by atoms with Crippen molar-refractivity contribution in [2.24, 2.45) is 10.2 Å². The van der Waals surface area contributed by atoms with Gasteiger partial charge in [0.25, 0.3) is 0 Å². The van der Waals surface area contributed by atoms with E-state index in [0.717, 1.165) is 42.7 Å². The molecule has 29 heavy (non-hydrogen) atoms. The second kappa shape index (κ2) is 10.8. The van der Waals surface area contributed by atoms with Crippen molar-refractivity contribution in [2.75, 3.05) is 6.61 Å². The Kier molecular flexibility index (Phi) is 7.87. The molecule has 1 fully saturated rings. The zero-order valence-corrected chi connectivity index (χ0v) is 17.7. The van der Waals surface area contributed by atoms with Crippen LogP contribution in [0.4, 0.5) is 0 Å². The Morgan fingerprint density at radius 2 is 1.79 bits per heavy atom. The van der Waals surface area contributed by atoms with E-state index in [1.807, 2.05) is 24.3 Å². The molecule has 1 atom stereocenters. The third-order valence-electron chi connectivity index (χ3n) is 4.63. The summed E-state index contributed by atoms with van der Waals surface area (Å²) in [5.41, 5.74) is 3.38. The van der Waals surface area contributed by atoms with Crippen LogP contribution < -0.4 is 10.1 Å². The summed E-state index contributed by atoms with van der Waals surface area (Å²) >= 11 is 1.43. The van der Waals surface area contributed by atoms with E-state index in [1.54, 1.807) is 6.21 Å². The lowest BCUT2D eigenvalue weighted by Crippen LogP contribution is -2.25. The summed E-state index contributed by atoms with van der Waals surface area (Å²) < 4.78 is 5.65. The lowest BCUT2D eigenvalue weighted by Gasteiger charge is -2.06. The fourth-order valence-corrected chi connectivity index (χ4v) is 3.81. The molecular weight excluding hydrogens is 382 g/mol. The molecule has 152 valence electrons. The van der Waals surface area contributed by atoms with Gasteiger partial charge in [-0.05, 0) is 60.2 Å². The van der Waals surface area contributed by atoms with Gasteiger partial charge in [0.2, 0.25) is 5.91 Å². The highest BCUT2D eigenvalue weighted by Crippen LogP contribution is 2.23. The van der Waals surface area contributed by atoms with Crippen LogP contribution in [-0.2, 0) is 17.6 Å². The van der Waals surface area contributed by atoms with E-state index < -0.39 is 0 Å². The first-order valence-corrected chi connectivity index (χ1v) is 10.9. The predicted molar refractivity (Wildman–Crippen MR) is 121 cm³/mol. The highest BCUT2D eigenvalue weighted by molar-refractivity contribution is 8.15. The van der Waals surface area contributed by atoms with Gasteiger partial charge in [0.1, 0.15) is 5.75 Å². The number of amides is 1. The Morgan fingerprint density at radius 3 is 2.48 bits per heavy atom.